The predicted molar refractivity (Wildman–Crippen MR) is 111 cm³/mol. The van der Waals surface area contributed by atoms with Crippen molar-refractivity contribution in [2.75, 3.05) is 5.75 Å². The molecule has 0 saturated carbocycles. The van der Waals surface area contributed by atoms with Crippen LogP contribution in [0, 0.1) is 0 Å². The van der Waals surface area contributed by atoms with E-state index in [4.69, 9.17) is 14.2 Å². The standard InChI is InChI=1S/C20H27NO6S2/c1-19(2,3)27-17(22)11-13-10-14(26-20(4,5)25-13)12-29(23,24)18-21-15-8-6-7-9-16(15)28-18/h6-9,13-14H,10-12H2,1-5H3. The minimum Gasteiger partial charge on any atom is -0.460 e. The van der Waals surface area contributed by atoms with Crippen molar-refractivity contribution < 1.29 is 27.4 Å². The maximum absolute atomic E-state index is 12.9. The van der Waals surface area contributed by atoms with Crippen LogP contribution in [0.15, 0.2) is 28.6 Å². The van der Waals surface area contributed by atoms with Gasteiger partial charge in [0.25, 0.3) is 0 Å². The molecule has 2 atom stereocenters. The lowest BCUT2D eigenvalue weighted by atomic mass is 10.1. The summed E-state index contributed by atoms with van der Waals surface area (Å²) in [4.78, 5) is 16.4. The number of thiazole rings is 1. The molecule has 2 heterocycles. The SMILES string of the molecule is CC(C)(C)OC(=O)CC1CC(CS(=O)(=O)c2nc3ccccc3s2)OC(C)(C)O1. The molecule has 1 fully saturated rings. The molecule has 29 heavy (non-hydrogen) atoms. The molecule has 3 rings (SSSR count). The molecule has 1 saturated heterocycles. The zero-order chi connectivity index (χ0) is 21.4. The van der Waals surface area contributed by atoms with Gasteiger partial charge in [0.1, 0.15) is 5.60 Å². The number of esters is 1. The highest BCUT2D eigenvalue weighted by Crippen LogP contribution is 2.32. The number of carbonyl (C=O) groups is 1. The Morgan fingerprint density at radius 1 is 1.24 bits per heavy atom. The summed E-state index contributed by atoms with van der Waals surface area (Å²) in [5, 5.41) is 0. The topological polar surface area (TPSA) is 91.8 Å². The number of nitrogens with zero attached hydrogens (tertiary/aromatic N) is 1. The van der Waals surface area contributed by atoms with Crippen LogP contribution in [0.2, 0.25) is 0 Å². The number of sulfone groups is 1. The van der Waals surface area contributed by atoms with Crippen LogP contribution in [-0.2, 0) is 28.8 Å². The Bertz CT molecular complexity index is 957. The highest BCUT2D eigenvalue weighted by molar-refractivity contribution is 7.93. The Morgan fingerprint density at radius 3 is 2.55 bits per heavy atom. The summed E-state index contributed by atoms with van der Waals surface area (Å²) in [6.07, 6.45) is -0.762. The van der Waals surface area contributed by atoms with E-state index in [1.54, 1.807) is 40.7 Å². The van der Waals surface area contributed by atoms with Gasteiger partial charge in [0.05, 0.1) is 34.6 Å². The second kappa shape index (κ2) is 7.94. The molecule has 9 heteroatoms. The summed E-state index contributed by atoms with van der Waals surface area (Å²) < 4.78 is 43.8. The second-order valence-corrected chi connectivity index (χ2v) is 11.9. The first-order chi connectivity index (χ1) is 13.3. The molecule has 0 bridgehead atoms. The minimum absolute atomic E-state index is 0.0434. The van der Waals surface area contributed by atoms with Crippen LogP contribution in [0.4, 0.5) is 0 Å². The molecule has 0 aliphatic carbocycles. The van der Waals surface area contributed by atoms with Crippen molar-refractivity contribution in [3.8, 4) is 0 Å². The molecule has 0 radical (unpaired) electrons. The third-order valence-electron chi connectivity index (χ3n) is 4.19. The third kappa shape index (κ3) is 5.97. The first-order valence-electron chi connectivity index (χ1n) is 9.49. The molecule has 160 valence electrons. The number of rotatable bonds is 5. The number of benzene rings is 1. The van der Waals surface area contributed by atoms with Crippen LogP contribution in [0.5, 0.6) is 0 Å². The van der Waals surface area contributed by atoms with Crippen LogP contribution >= 0.6 is 11.3 Å². The van der Waals surface area contributed by atoms with Crippen molar-refractivity contribution in [2.45, 2.75) is 75.4 Å². The second-order valence-electron chi connectivity index (χ2n) is 8.63. The van der Waals surface area contributed by atoms with Crippen molar-refractivity contribution in [3.63, 3.8) is 0 Å². The number of hydrogen-bond acceptors (Lipinski definition) is 8. The van der Waals surface area contributed by atoms with Gasteiger partial charge in [0.2, 0.25) is 14.2 Å². The predicted octanol–water partition coefficient (Wildman–Crippen LogP) is 3.71. The molecule has 1 aromatic heterocycles. The van der Waals surface area contributed by atoms with Gasteiger partial charge in [-0.05, 0) is 46.8 Å². The van der Waals surface area contributed by atoms with E-state index in [9.17, 15) is 13.2 Å². The fraction of sp³-hybridized carbons (Fsp3) is 0.600. The quantitative estimate of drug-likeness (QED) is 0.653. The molecule has 2 unspecified atom stereocenters. The van der Waals surface area contributed by atoms with E-state index in [1.807, 2.05) is 18.2 Å². The van der Waals surface area contributed by atoms with Gasteiger partial charge in [0, 0.05) is 6.42 Å². The number of fused-ring (bicyclic) bond motifs is 1. The van der Waals surface area contributed by atoms with E-state index < -0.39 is 33.4 Å². The van der Waals surface area contributed by atoms with Gasteiger partial charge in [-0.2, -0.15) is 0 Å². The Morgan fingerprint density at radius 2 is 1.90 bits per heavy atom. The van der Waals surface area contributed by atoms with E-state index in [2.05, 4.69) is 4.98 Å². The molecule has 0 spiro atoms. The van der Waals surface area contributed by atoms with Gasteiger partial charge in [-0.25, -0.2) is 13.4 Å². The van der Waals surface area contributed by atoms with Crippen molar-refractivity contribution in [1.29, 1.82) is 0 Å². The molecule has 1 aromatic carbocycles. The van der Waals surface area contributed by atoms with Gasteiger partial charge >= 0.3 is 5.97 Å². The molecule has 0 N–H and O–H groups in total. The molecular formula is C20H27NO6S2. The summed E-state index contributed by atoms with van der Waals surface area (Å²) in [6, 6.07) is 7.30. The number of hydrogen-bond donors (Lipinski definition) is 0. The fourth-order valence-electron chi connectivity index (χ4n) is 3.32. The van der Waals surface area contributed by atoms with E-state index in [-0.39, 0.29) is 28.9 Å². The lowest BCUT2D eigenvalue weighted by Gasteiger charge is -2.40. The van der Waals surface area contributed by atoms with Gasteiger partial charge in [0.15, 0.2) is 5.79 Å². The van der Waals surface area contributed by atoms with Gasteiger partial charge in [-0.15, -0.1) is 11.3 Å². The lowest BCUT2D eigenvalue weighted by Crippen LogP contribution is -2.47. The lowest BCUT2D eigenvalue weighted by molar-refractivity contribution is -0.295. The highest BCUT2D eigenvalue weighted by Gasteiger charge is 2.39. The summed E-state index contributed by atoms with van der Waals surface area (Å²) >= 11 is 1.15. The smallest absolute Gasteiger partial charge is 0.308 e. The van der Waals surface area contributed by atoms with Crippen molar-refractivity contribution in [3.05, 3.63) is 24.3 Å². The number of carbonyl (C=O) groups excluding carboxylic acids is 1. The Balaban J connectivity index is 1.72. The first-order valence-corrected chi connectivity index (χ1v) is 12.0. The van der Waals surface area contributed by atoms with E-state index in [0.29, 0.717) is 5.52 Å². The number of ether oxygens (including phenoxy) is 3. The minimum atomic E-state index is -3.64. The van der Waals surface area contributed by atoms with Crippen LogP contribution in [0.1, 0.15) is 47.5 Å². The van der Waals surface area contributed by atoms with Crippen LogP contribution in [0.25, 0.3) is 10.2 Å². The first kappa shape index (κ1) is 22.1. The van der Waals surface area contributed by atoms with Gasteiger partial charge < -0.3 is 14.2 Å². The highest BCUT2D eigenvalue weighted by atomic mass is 32.2. The van der Waals surface area contributed by atoms with Crippen LogP contribution in [0.3, 0.4) is 0 Å². The van der Waals surface area contributed by atoms with Gasteiger partial charge in [-0.1, -0.05) is 12.1 Å². The largest absolute Gasteiger partial charge is 0.460 e. The maximum atomic E-state index is 12.9. The molecular weight excluding hydrogens is 414 g/mol. The average molecular weight is 442 g/mol. The summed E-state index contributed by atoms with van der Waals surface area (Å²) in [6.45, 7) is 8.82. The molecule has 1 aliphatic heterocycles. The Kier molecular flexibility index (Phi) is 6.06. The summed E-state index contributed by atoms with van der Waals surface area (Å²) in [5.41, 5.74) is 0.0694. The zero-order valence-electron chi connectivity index (χ0n) is 17.3. The van der Waals surface area contributed by atoms with Gasteiger partial charge in [-0.3, -0.25) is 4.79 Å². The van der Waals surface area contributed by atoms with Crippen LogP contribution < -0.4 is 0 Å². The molecule has 7 nitrogen and oxygen atoms in total. The maximum Gasteiger partial charge on any atom is 0.308 e. The Hall–Kier alpha value is -1.55. The fourth-order valence-corrected chi connectivity index (χ4v) is 6.07. The monoisotopic (exact) mass is 441 g/mol. The number of para-hydroxylation sites is 1. The number of aromatic nitrogens is 1. The molecule has 0 amide bonds. The third-order valence-corrected chi connectivity index (χ3v) is 7.46. The van der Waals surface area contributed by atoms with Crippen molar-refractivity contribution >= 4 is 37.4 Å². The molecule has 1 aliphatic rings. The molecule has 2 aromatic rings. The van der Waals surface area contributed by atoms with Crippen LogP contribution in [-0.4, -0.2) is 48.7 Å². The van der Waals surface area contributed by atoms with E-state index in [1.165, 1.54) is 0 Å². The Labute approximate surface area is 175 Å². The summed E-state index contributed by atoms with van der Waals surface area (Å²) in [7, 11) is -3.64. The van der Waals surface area contributed by atoms with E-state index >= 15 is 0 Å². The average Bonchev–Trinajstić information content (AvgIpc) is 2.95. The van der Waals surface area contributed by atoms with E-state index in [0.717, 1.165) is 16.0 Å². The normalized spacial score (nSPS) is 22.5. The zero-order valence-corrected chi connectivity index (χ0v) is 18.9. The van der Waals surface area contributed by atoms with Crippen molar-refractivity contribution in [2.24, 2.45) is 0 Å². The van der Waals surface area contributed by atoms with Crippen molar-refractivity contribution in [1.82, 2.24) is 4.98 Å². The summed E-state index contributed by atoms with van der Waals surface area (Å²) in [5.74, 6) is -1.60.